The lowest BCUT2D eigenvalue weighted by molar-refractivity contribution is -0.142. The van der Waals surface area contributed by atoms with Crippen LogP contribution in [0.15, 0.2) is 0 Å². The van der Waals surface area contributed by atoms with E-state index in [9.17, 15) is 9.90 Å². The number of hydrogen-bond donors (Lipinski definition) is 1. The van der Waals surface area contributed by atoms with Crippen LogP contribution in [0.5, 0.6) is 0 Å². The van der Waals surface area contributed by atoms with Crippen molar-refractivity contribution in [3.8, 4) is 0 Å². The first-order valence-electron chi connectivity index (χ1n) is 8.23. The number of nitrogens with zero attached hydrogens (tertiary/aromatic N) is 2. The van der Waals surface area contributed by atoms with Crippen LogP contribution in [-0.2, 0) is 4.79 Å². The molecule has 1 spiro atoms. The molecule has 4 nitrogen and oxygen atoms in total. The zero-order valence-electron chi connectivity index (χ0n) is 12.7. The van der Waals surface area contributed by atoms with Gasteiger partial charge in [-0.25, -0.2) is 0 Å². The van der Waals surface area contributed by atoms with Crippen LogP contribution in [0.4, 0.5) is 0 Å². The van der Waals surface area contributed by atoms with Gasteiger partial charge in [0.15, 0.2) is 0 Å². The van der Waals surface area contributed by atoms with Gasteiger partial charge in [0.05, 0.1) is 6.10 Å². The fourth-order valence-corrected chi connectivity index (χ4v) is 4.11. The van der Waals surface area contributed by atoms with Crippen LogP contribution in [0.3, 0.4) is 0 Å². The van der Waals surface area contributed by atoms with Gasteiger partial charge in [-0.3, -0.25) is 4.79 Å². The minimum atomic E-state index is -0.103. The van der Waals surface area contributed by atoms with E-state index < -0.39 is 0 Å². The third-order valence-corrected chi connectivity index (χ3v) is 6.04. The Kier molecular flexibility index (Phi) is 4.04. The lowest BCUT2D eigenvalue weighted by Crippen LogP contribution is -2.53. The molecule has 114 valence electrons. The number of aliphatic hydroxyl groups is 1. The Balaban J connectivity index is 1.45. The van der Waals surface area contributed by atoms with Crippen molar-refractivity contribution in [3.63, 3.8) is 0 Å². The summed E-state index contributed by atoms with van der Waals surface area (Å²) in [5, 5.41) is 9.93. The Morgan fingerprint density at radius 1 is 1.10 bits per heavy atom. The van der Waals surface area contributed by atoms with E-state index in [1.54, 1.807) is 0 Å². The minimum Gasteiger partial charge on any atom is -0.393 e. The Morgan fingerprint density at radius 2 is 1.75 bits per heavy atom. The van der Waals surface area contributed by atoms with Crippen LogP contribution >= 0.6 is 0 Å². The molecule has 2 saturated heterocycles. The zero-order chi connectivity index (χ0) is 14.2. The van der Waals surface area contributed by atoms with E-state index in [0.29, 0.717) is 11.8 Å². The lowest BCUT2D eigenvalue weighted by Gasteiger charge is -2.51. The molecule has 1 N–H and O–H groups in total. The highest BCUT2D eigenvalue weighted by molar-refractivity contribution is 5.76. The summed E-state index contributed by atoms with van der Waals surface area (Å²) in [6.07, 6.45) is 7.10. The van der Waals surface area contributed by atoms with E-state index in [4.69, 9.17) is 0 Å². The van der Waals surface area contributed by atoms with Crippen molar-refractivity contribution in [2.45, 2.75) is 51.0 Å². The molecule has 3 rings (SSSR count). The van der Waals surface area contributed by atoms with Gasteiger partial charge in [-0.15, -0.1) is 0 Å². The first-order valence-corrected chi connectivity index (χ1v) is 8.23. The van der Waals surface area contributed by atoms with Crippen molar-refractivity contribution in [1.82, 2.24) is 9.80 Å². The first-order chi connectivity index (χ1) is 9.59. The van der Waals surface area contributed by atoms with E-state index in [-0.39, 0.29) is 11.5 Å². The molecule has 0 bridgehead atoms. The predicted octanol–water partition coefficient (Wildman–Crippen LogP) is 1.48. The van der Waals surface area contributed by atoms with Crippen LogP contribution in [0.25, 0.3) is 0 Å². The molecule has 4 heteroatoms. The zero-order valence-corrected chi connectivity index (χ0v) is 12.7. The third kappa shape index (κ3) is 2.73. The topological polar surface area (TPSA) is 43.8 Å². The van der Waals surface area contributed by atoms with Gasteiger partial charge in [-0.2, -0.15) is 0 Å². The van der Waals surface area contributed by atoms with Crippen molar-refractivity contribution < 1.29 is 9.90 Å². The third-order valence-electron chi connectivity index (χ3n) is 6.04. The summed E-state index contributed by atoms with van der Waals surface area (Å²) in [4.78, 5) is 16.8. The van der Waals surface area contributed by atoms with Gasteiger partial charge in [0, 0.05) is 19.5 Å². The van der Waals surface area contributed by atoms with Crippen molar-refractivity contribution in [1.29, 1.82) is 0 Å². The average molecular weight is 280 g/mol. The highest BCUT2D eigenvalue weighted by Gasteiger charge is 2.47. The smallest absolute Gasteiger partial charge is 0.222 e. The number of hydrogen-bond acceptors (Lipinski definition) is 3. The molecule has 20 heavy (non-hydrogen) atoms. The van der Waals surface area contributed by atoms with Crippen LogP contribution < -0.4 is 0 Å². The van der Waals surface area contributed by atoms with E-state index in [0.717, 1.165) is 58.3 Å². The van der Waals surface area contributed by atoms with E-state index in [2.05, 4.69) is 16.8 Å². The first kappa shape index (κ1) is 14.3. The fourth-order valence-electron chi connectivity index (χ4n) is 4.11. The van der Waals surface area contributed by atoms with Gasteiger partial charge < -0.3 is 14.9 Å². The lowest BCUT2D eigenvalue weighted by atomic mass is 9.61. The number of likely N-dealkylation sites (tertiary alicyclic amines) is 2. The second-order valence-corrected chi connectivity index (χ2v) is 7.25. The molecule has 0 aromatic carbocycles. The number of rotatable bonds is 2. The monoisotopic (exact) mass is 280 g/mol. The second kappa shape index (κ2) is 5.64. The molecule has 1 unspecified atom stereocenters. The molecule has 3 aliphatic rings. The van der Waals surface area contributed by atoms with E-state index >= 15 is 0 Å². The summed E-state index contributed by atoms with van der Waals surface area (Å²) < 4.78 is 0. The molecular weight excluding hydrogens is 252 g/mol. The molecule has 2 heterocycles. The van der Waals surface area contributed by atoms with Gasteiger partial charge in [-0.05, 0) is 70.0 Å². The van der Waals surface area contributed by atoms with Crippen LogP contribution in [0, 0.1) is 11.3 Å². The Bertz CT molecular complexity index is 355. The largest absolute Gasteiger partial charge is 0.393 e. The Morgan fingerprint density at radius 3 is 2.25 bits per heavy atom. The molecule has 1 atom stereocenters. The van der Waals surface area contributed by atoms with Crippen molar-refractivity contribution in [2.24, 2.45) is 11.3 Å². The normalized spacial score (nSPS) is 31.3. The fraction of sp³-hybridized carbons (Fsp3) is 0.938. The molecule has 1 aliphatic carbocycles. The quantitative estimate of drug-likeness (QED) is 0.833. The molecule has 0 radical (unpaired) electrons. The summed E-state index contributed by atoms with van der Waals surface area (Å²) >= 11 is 0. The number of aliphatic hydroxyl groups excluding tert-OH is 1. The second-order valence-electron chi connectivity index (χ2n) is 7.25. The van der Waals surface area contributed by atoms with Crippen molar-refractivity contribution in [2.75, 3.05) is 33.2 Å². The van der Waals surface area contributed by atoms with E-state index in [1.807, 2.05) is 0 Å². The van der Waals surface area contributed by atoms with Crippen molar-refractivity contribution in [3.05, 3.63) is 0 Å². The molecule has 1 saturated carbocycles. The number of amides is 1. The summed E-state index contributed by atoms with van der Waals surface area (Å²) in [5.74, 6) is 0.937. The maximum Gasteiger partial charge on any atom is 0.222 e. The maximum absolute atomic E-state index is 12.4. The standard InChI is InChI=1S/C16H28N2O2/c1-17-8-3-13(4-9-17)12-15(20)18-10-6-16(7-11-18)5-2-14(16)19/h13-14,19H,2-12H2,1H3. The number of piperidine rings is 2. The summed E-state index contributed by atoms with van der Waals surface area (Å²) in [5.41, 5.74) is 0.171. The highest BCUT2D eigenvalue weighted by atomic mass is 16.3. The van der Waals surface area contributed by atoms with Crippen LogP contribution in [-0.4, -0.2) is 60.1 Å². The van der Waals surface area contributed by atoms with Gasteiger partial charge >= 0.3 is 0 Å². The number of carbonyl (C=O) groups is 1. The van der Waals surface area contributed by atoms with Crippen LogP contribution in [0.1, 0.15) is 44.9 Å². The van der Waals surface area contributed by atoms with Crippen LogP contribution in [0.2, 0.25) is 0 Å². The van der Waals surface area contributed by atoms with Gasteiger partial charge in [0.25, 0.3) is 0 Å². The SMILES string of the molecule is CN1CCC(CC(=O)N2CCC3(CCC3O)CC2)CC1. The average Bonchev–Trinajstić information content (AvgIpc) is 2.48. The Labute approximate surface area is 122 Å². The van der Waals surface area contributed by atoms with Gasteiger partial charge in [-0.1, -0.05) is 0 Å². The number of carbonyl (C=O) groups excluding carboxylic acids is 1. The van der Waals surface area contributed by atoms with Crippen molar-refractivity contribution >= 4 is 5.91 Å². The summed E-state index contributed by atoms with van der Waals surface area (Å²) in [6.45, 7) is 3.99. The molecular formula is C16H28N2O2. The van der Waals surface area contributed by atoms with Gasteiger partial charge in [0.1, 0.15) is 0 Å². The predicted molar refractivity (Wildman–Crippen MR) is 78.3 cm³/mol. The summed E-state index contributed by atoms with van der Waals surface area (Å²) in [6, 6.07) is 0. The van der Waals surface area contributed by atoms with Gasteiger partial charge in [0.2, 0.25) is 5.91 Å². The van der Waals surface area contributed by atoms with E-state index in [1.165, 1.54) is 12.8 Å². The highest BCUT2D eigenvalue weighted by Crippen LogP contribution is 2.49. The minimum absolute atomic E-state index is 0.103. The molecule has 0 aromatic rings. The summed E-state index contributed by atoms with van der Waals surface area (Å²) in [7, 11) is 2.16. The molecule has 2 aliphatic heterocycles. The maximum atomic E-state index is 12.4. The molecule has 1 amide bonds. The molecule has 0 aromatic heterocycles. The Hall–Kier alpha value is -0.610. The molecule has 3 fully saturated rings.